The van der Waals surface area contributed by atoms with Crippen LogP contribution in [-0.2, 0) is 13.6 Å². The highest BCUT2D eigenvalue weighted by atomic mass is 19.3. The second-order valence-electron chi connectivity index (χ2n) is 4.02. The van der Waals surface area contributed by atoms with Gasteiger partial charge in [0.1, 0.15) is 5.69 Å². The highest BCUT2D eigenvalue weighted by Crippen LogP contribution is 2.09. The zero-order chi connectivity index (χ0) is 14.0. The molecule has 8 heteroatoms. The number of carbonyl (C=O) groups excluding carboxylic acids is 1. The second kappa shape index (κ2) is 5.17. The van der Waals surface area contributed by atoms with Crippen molar-refractivity contribution in [1.82, 2.24) is 24.9 Å². The number of amides is 1. The quantitative estimate of drug-likeness (QED) is 0.908. The molecular weight excluding hydrogens is 256 g/mol. The molecule has 0 aliphatic carbocycles. The van der Waals surface area contributed by atoms with Crippen LogP contribution in [0.25, 0.3) is 0 Å². The monoisotopic (exact) mass is 269 g/mol. The van der Waals surface area contributed by atoms with Crippen LogP contribution in [0.5, 0.6) is 0 Å². The Labute approximate surface area is 108 Å². The van der Waals surface area contributed by atoms with E-state index in [1.54, 1.807) is 17.9 Å². The van der Waals surface area contributed by atoms with E-state index in [0.29, 0.717) is 4.68 Å². The van der Waals surface area contributed by atoms with Crippen molar-refractivity contribution in [2.24, 2.45) is 7.05 Å². The standard InChI is InChI=1S/C11H13F2N5O/c1-7-8(6-15-17(7)2)5-14-10(19)9-3-4-18(16-9)11(12)13/h3-4,6,11H,5H2,1-2H3,(H,14,19). The van der Waals surface area contributed by atoms with Crippen LogP contribution in [0, 0.1) is 6.92 Å². The molecule has 0 saturated heterocycles. The molecule has 19 heavy (non-hydrogen) atoms. The lowest BCUT2D eigenvalue weighted by molar-refractivity contribution is 0.0560. The summed E-state index contributed by atoms with van der Waals surface area (Å²) in [5.41, 5.74) is 1.75. The van der Waals surface area contributed by atoms with Crippen LogP contribution in [0.15, 0.2) is 18.5 Å². The number of aryl methyl sites for hydroxylation is 1. The van der Waals surface area contributed by atoms with Crippen molar-refractivity contribution >= 4 is 5.91 Å². The minimum atomic E-state index is -2.75. The van der Waals surface area contributed by atoms with E-state index >= 15 is 0 Å². The molecule has 0 atom stereocenters. The summed E-state index contributed by atoms with van der Waals surface area (Å²) in [5.74, 6) is -0.498. The Bertz CT molecular complexity index is 590. The maximum Gasteiger partial charge on any atom is 0.333 e. The first-order chi connectivity index (χ1) is 8.99. The number of hydrogen-bond donors (Lipinski definition) is 1. The van der Waals surface area contributed by atoms with Crippen molar-refractivity contribution in [3.63, 3.8) is 0 Å². The maximum absolute atomic E-state index is 12.3. The summed E-state index contributed by atoms with van der Waals surface area (Å²) < 4.78 is 26.7. The number of halogens is 2. The van der Waals surface area contributed by atoms with Gasteiger partial charge in [0.2, 0.25) is 0 Å². The molecule has 1 N–H and O–H groups in total. The summed E-state index contributed by atoms with van der Waals surface area (Å²) in [6, 6.07) is 1.25. The minimum Gasteiger partial charge on any atom is -0.346 e. The molecule has 102 valence electrons. The van der Waals surface area contributed by atoms with E-state index in [0.717, 1.165) is 17.5 Å². The molecule has 0 radical (unpaired) electrons. The number of aromatic nitrogens is 4. The number of nitrogens with zero attached hydrogens (tertiary/aromatic N) is 4. The maximum atomic E-state index is 12.3. The Hall–Kier alpha value is -2.25. The molecular formula is C11H13F2N5O. The molecule has 0 unspecified atom stereocenters. The van der Waals surface area contributed by atoms with Crippen LogP contribution in [0.3, 0.4) is 0 Å². The zero-order valence-electron chi connectivity index (χ0n) is 10.5. The summed E-state index contributed by atoms with van der Waals surface area (Å²) in [4.78, 5) is 11.7. The lowest BCUT2D eigenvalue weighted by Crippen LogP contribution is -2.23. The summed E-state index contributed by atoms with van der Waals surface area (Å²) >= 11 is 0. The molecule has 0 aliphatic heterocycles. The smallest absolute Gasteiger partial charge is 0.333 e. The average Bonchev–Trinajstić information content (AvgIpc) is 2.97. The summed E-state index contributed by atoms with van der Waals surface area (Å²) in [5, 5.41) is 10.1. The van der Waals surface area contributed by atoms with Crippen LogP contribution in [0.2, 0.25) is 0 Å². The molecule has 0 saturated carbocycles. The van der Waals surface area contributed by atoms with Crippen LogP contribution in [-0.4, -0.2) is 25.5 Å². The topological polar surface area (TPSA) is 64.7 Å². The number of carbonyl (C=O) groups is 1. The molecule has 0 aliphatic rings. The van der Waals surface area contributed by atoms with Gasteiger partial charge in [-0.15, -0.1) is 0 Å². The third-order valence-electron chi connectivity index (χ3n) is 2.82. The zero-order valence-corrected chi connectivity index (χ0v) is 10.5. The van der Waals surface area contributed by atoms with E-state index in [-0.39, 0.29) is 12.2 Å². The Balaban J connectivity index is 1.99. The van der Waals surface area contributed by atoms with Gasteiger partial charge in [-0.1, -0.05) is 0 Å². The molecule has 2 aromatic rings. The third kappa shape index (κ3) is 2.78. The SMILES string of the molecule is Cc1c(CNC(=O)c2ccn(C(F)F)n2)cnn1C. The van der Waals surface area contributed by atoms with Crippen LogP contribution in [0.4, 0.5) is 8.78 Å². The first kappa shape index (κ1) is 13.2. The first-order valence-corrected chi connectivity index (χ1v) is 5.58. The average molecular weight is 269 g/mol. The highest BCUT2D eigenvalue weighted by molar-refractivity contribution is 5.92. The molecule has 6 nitrogen and oxygen atoms in total. The van der Waals surface area contributed by atoms with Crippen molar-refractivity contribution < 1.29 is 13.6 Å². The van der Waals surface area contributed by atoms with Gasteiger partial charge in [-0.25, -0.2) is 4.68 Å². The van der Waals surface area contributed by atoms with Crippen LogP contribution >= 0.6 is 0 Å². The van der Waals surface area contributed by atoms with E-state index < -0.39 is 12.5 Å². The fourth-order valence-corrected chi connectivity index (χ4v) is 1.55. The predicted molar refractivity (Wildman–Crippen MR) is 62.6 cm³/mol. The summed E-state index contributed by atoms with van der Waals surface area (Å²) in [6.45, 7) is -0.595. The van der Waals surface area contributed by atoms with E-state index in [4.69, 9.17) is 0 Å². The molecule has 0 bridgehead atoms. The van der Waals surface area contributed by atoms with E-state index in [1.165, 1.54) is 6.07 Å². The fraction of sp³-hybridized carbons (Fsp3) is 0.364. The second-order valence-corrected chi connectivity index (χ2v) is 4.02. The Morgan fingerprint density at radius 2 is 2.26 bits per heavy atom. The predicted octanol–water partition coefficient (Wildman–Crippen LogP) is 1.25. The molecule has 2 heterocycles. The first-order valence-electron chi connectivity index (χ1n) is 5.58. The Kier molecular flexibility index (Phi) is 3.59. The van der Waals surface area contributed by atoms with Crippen LogP contribution < -0.4 is 5.32 Å². The lowest BCUT2D eigenvalue weighted by atomic mass is 10.2. The molecule has 2 aromatic heterocycles. The summed E-state index contributed by atoms with van der Waals surface area (Å²) in [7, 11) is 1.80. The van der Waals surface area contributed by atoms with Crippen molar-refractivity contribution in [2.45, 2.75) is 20.0 Å². The van der Waals surface area contributed by atoms with Gasteiger partial charge in [0.25, 0.3) is 5.91 Å². The number of rotatable bonds is 4. The number of hydrogen-bond acceptors (Lipinski definition) is 3. The van der Waals surface area contributed by atoms with Crippen molar-refractivity contribution in [3.05, 3.63) is 35.4 Å². The van der Waals surface area contributed by atoms with Gasteiger partial charge in [0.15, 0.2) is 0 Å². The molecule has 0 spiro atoms. The Morgan fingerprint density at radius 1 is 1.53 bits per heavy atom. The number of nitrogens with one attached hydrogen (secondary N) is 1. The molecule has 0 fully saturated rings. The van der Waals surface area contributed by atoms with Crippen molar-refractivity contribution in [1.29, 1.82) is 0 Å². The fourth-order valence-electron chi connectivity index (χ4n) is 1.55. The van der Waals surface area contributed by atoms with Gasteiger partial charge >= 0.3 is 6.55 Å². The minimum absolute atomic E-state index is 0.0400. The number of alkyl halides is 2. The lowest BCUT2D eigenvalue weighted by Gasteiger charge is -2.03. The van der Waals surface area contributed by atoms with Gasteiger partial charge in [-0.2, -0.15) is 19.0 Å². The molecule has 0 aromatic carbocycles. The van der Waals surface area contributed by atoms with Crippen molar-refractivity contribution in [2.75, 3.05) is 0 Å². The van der Waals surface area contributed by atoms with Crippen LogP contribution in [0.1, 0.15) is 28.3 Å². The van der Waals surface area contributed by atoms with Crippen molar-refractivity contribution in [3.8, 4) is 0 Å². The van der Waals surface area contributed by atoms with Gasteiger partial charge in [0, 0.05) is 31.0 Å². The van der Waals surface area contributed by atoms with Gasteiger partial charge in [-0.05, 0) is 13.0 Å². The normalized spacial score (nSPS) is 11.0. The molecule has 2 rings (SSSR count). The van der Waals surface area contributed by atoms with E-state index in [2.05, 4.69) is 15.5 Å². The summed E-state index contributed by atoms with van der Waals surface area (Å²) in [6.07, 6.45) is 2.71. The third-order valence-corrected chi connectivity index (χ3v) is 2.82. The van der Waals surface area contributed by atoms with E-state index in [9.17, 15) is 13.6 Å². The van der Waals surface area contributed by atoms with E-state index in [1.807, 2.05) is 6.92 Å². The highest BCUT2D eigenvalue weighted by Gasteiger charge is 2.13. The Morgan fingerprint density at radius 3 is 2.79 bits per heavy atom. The van der Waals surface area contributed by atoms with Gasteiger partial charge in [0.05, 0.1) is 6.20 Å². The largest absolute Gasteiger partial charge is 0.346 e. The van der Waals surface area contributed by atoms with Gasteiger partial charge in [-0.3, -0.25) is 9.48 Å². The van der Waals surface area contributed by atoms with Gasteiger partial charge < -0.3 is 5.32 Å². The molecule has 1 amide bonds.